The molecule has 4 nitrogen and oxygen atoms in total. The molecule has 18 heavy (non-hydrogen) atoms. The molecule has 0 aliphatic rings. The van der Waals surface area contributed by atoms with Gasteiger partial charge < -0.3 is 14.6 Å². The van der Waals surface area contributed by atoms with Gasteiger partial charge in [0, 0.05) is 19.0 Å². The number of ether oxygens (including phenoxy) is 1. The monoisotopic (exact) mass is 244 g/mol. The van der Waals surface area contributed by atoms with E-state index in [2.05, 4.69) is 11.9 Å². The number of nitrogens with zero attached hydrogens (tertiary/aromatic N) is 1. The van der Waals surface area contributed by atoms with E-state index in [0.717, 1.165) is 16.7 Å². The van der Waals surface area contributed by atoms with Gasteiger partial charge in [-0.05, 0) is 12.1 Å². The Morgan fingerprint density at radius 2 is 2.33 bits per heavy atom. The average Bonchev–Trinajstić information content (AvgIpc) is 2.73. The minimum atomic E-state index is -0.115. The summed E-state index contributed by atoms with van der Waals surface area (Å²) in [7, 11) is 3.48. The van der Waals surface area contributed by atoms with Gasteiger partial charge in [-0.25, -0.2) is 0 Å². The van der Waals surface area contributed by atoms with Gasteiger partial charge in [0.05, 0.1) is 12.6 Å². The van der Waals surface area contributed by atoms with Crippen molar-refractivity contribution in [1.29, 1.82) is 0 Å². The van der Waals surface area contributed by atoms with Crippen molar-refractivity contribution in [1.82, 2.24) is 9.88 Å². The molecule has 0 fully saturated rings. The highest BCUT2D eigenvalue weighted by Gasteiger charge is 2.14. The average molecular weight is 244 g/mol. The summed E-state index contributed by atoms with van der Waals surface area (Å²) in [6, 6.07) is 7.61. The Morgan fingerprint density at radius 1 is 1.56 bits per heavy atom. The van der Waals surface area contributed by atoms with Crippen LogP contribution < -0.4 is 10.1 Å². The van der Waals surface area contributed by atoms with Gasteiger partial charge in [0.1, 0.15) is 11.4 Å². The molecule has 0 radical (unpaired) electrons. The lowest BCUT2D eigenvalue weighted by Crippen LogP contribution is -2.25. The van der Waals surface area contributed by atoms with Crippen molar-refractivity contribution in [2.45, 2.75) is 0 Å². The van der Waals surface area contributed by atoms with E-state index in [9.17, 15) is 4.79 Å². The molecule has 1 N–H and O–H groups in total. The number of rotatable bonds is 4. The number of carbonyl (C=O) groups is 1. The van der Waals surface area contributed by atoms with E-state index in [-0.39, 0.29) is 5.91 Å². The number of hydrogen-bond donors (Lipinski definition) is 1. The van der Waals surface area contributed by atoms with Crippen molar-refractivity contribution < 1.29 is 9.53 Å². The maximum absolute atomic E-state index is 12.0. The SMILES string of the molecule is C=CCNC(=O)c1cc2cccc(OC)c2n1C. The topological polar surface area (TPSA) is 43.3 Å². The second-order valence-electron chi connectivity index (χ2n) is 3.99. The van der Waals surface area contributed by atoms with E-state index in [1.54, 1.807) is 13.2 Å². The molecule has 2 rings (SSSR count). The van der Waals surface area contributed by atoms with E-state index < -0.39 is 0 Å². The molecule has 0 saturated carbocycles. The molecule has 2 aromatic rings. The predicted molar refractivity (Wildman–Crippen MR) is 72.0 cm³/mol. The Labute approximate surface area is 106 Å². The number of hydrogen-bond acceptors (Lipinski definition) is 2. The maximum Gasteiger partial charge on any atom is 0.268 e. The van der Waals surface area contributed by atoms with Gasteiger partial charge in [-0.15, -0.1) is 6.58 Å². The summed E-state index contributed by atoms with van der Waals surface area (Å²) in [4.78, 5) is 12.0. The first kappa shape index (κ1) is 12.2. The summed E-state index contributed by atoms with van der Waals surface area (Å²) in [5, 5.41) is 3.76. The van der Waals surface area contributed by atoms with Crippen LogP contribution >= 0.6 is 0 Å². The summed E-state index contributed by atoms with van der Waals surface area (Å²) in [5.74, 6) is 0.647. The van der Waals surface area contributed by atoms with Crippen LogP contribution in [0.2, 0.25) is 0 Å². The number of benzene rings is 1. The largest absolute Gasteiger partial charge is 0.495 e. The second-order valence-corrected chi connectivity index (χ2v) is 3.99. The number of aryl methyl sites for hydroxylation is 1. The minimum absolute atomic E-state index is 0.115. The number of fused-ring (bicyclic) bond motifs is 1. The summed E-state index contributed by atoms with van der Waals surface area (Å²) >= 11 is 0. The fourth-order valence-corrected chi connectivity index (χ4v) is 2.02. The Bertz CT molecular complexity index is 599. The lowest BCUT2D eigenvalue weighted by atomic mass is 10.2. The van der Waals surface area contributed by atoms with Crippen molar-refractivity contribution in [2.24, 2.45) is 7.05 Å². The van der Waals surface area contributed by atoms with Crippen LogP contribution in [0.15, 0.2) is 36.9 Å². The van der Waals surface area contributed by atoms with Crippen LogP contribution in [0, 0.1) is 0 Å². The zero-order valence-electron chi connectivity index (χ0n) is 10.6. The van der Waals surface area contributed by atoms with Crippen LogP contribution in [-0.2, 0) is 7.05 Å². The Morgan fingerprint density at radius 3 is 3.00 bits per heavy atom. The zero-order valence-corrected chi connectivity index (χ0v) is 10.6. The summed E-state index contributed by atoms with van der Waals surface area (Å²) in [6.07, 6.45) is 1.65. The zero-order chi connectivity index (χ0) is 13.1. The molecule has 1 aromatic carbocycles. The third kappa shape index (κ3) is 1.97. The van der Waals surface area contributed by atoms with Crippen LogP contribution in [-0.4, -0.2) is 24.1 Å². The van der Waals surface area contributed by atoms with Crippen molar-refractivity contribution in [3.63, 3.8) is 0 Å². The lowest BCUT2D eigenvalue weighted by Gasteiger charge is -2.07. The van der Waals surface area contributed by atoms with Crippen LogP contribution in [0.4, 0.5) is 0 Å². The van der Waals surface area contributed by atoms with Gasteiger partial charge in [0.15, 0.2) is 0 Å². The molecule has 94 valence electrons. The summed E-state index contributed by atoms with van der Waals surface area (Å²) < 4.78 is 7.15. The van der Waals surface area contributed by atoms with Crippen LogP contribution in [0.5, 0.6) is 5.75 Å². The summed E-state index contributed by atoms with van der Waals surface area (Å²) in [5.41, 5.74) is 1.53. The van der Waals surface area contributed by atoms with Crippen molar-refractivity contribution in [3.8, 4) is 5.75 Å². The normalized spacial score (nSPS) is 10.3. The van der Waals surface area contributed by atoms with E-state index >= 15 is 0 Å². The molecule has 0 unspecified atom stereocenters. The number of carbonyl (C=O) groups excluding carboxylic acids is 1. The van der Waals surface area contributed by atoms with Gasteiger partial charge in [-0.3, -0.25) is 4.79 Å². The third-order valence-corrected chi connectivity index (χ3v) is 2.88. The molecule has 1 amide bonds. The smallest absolute Gasteiger partial charge is 0.268 e. The fourth-order valence-electron chi connectivity index (χ4n) is 2.02. The lowest BCUT2D eigenvalue weighted by molar-refractivity contribution is 0.0950. The minimum Gasteiger partial charge on any atom is -0.495 e. The number of nitrogens with one attached hydrogen (secondary N) is 1. The van der Waals surface area contributed by atoms with Gasteiger partial charge in [-0.1, -0.05) is 18.2 Å². The quantitative estimate of drug-likeness (QED) is 0.837. The Balaban J connectivity index is 2.50. The van der Waals surface area contributed by atoms with Crippen molar-refractivity contribution in [2.75, 3.05) is 13.7 Å². The van der Waals surface area contributed by atoms with Crippen LogP contribution in [0.3, 0.4) is 0 Å². The highest BCUT2D eigenvalue weighted by Crippen LogP contribution is 2.27. The van der Waals surface area contributed by atoms with E-state index in [1.165, 1.54) is 0 Å². The standard InChI is InChI=1S/C14H16N2O2/c1-4-8-15-14(17)11-9-10-6-5-7-12(18-3)13(10)16(11)2/h4-7,9H,1,8H2,2-3H3,(H,15,17). The number of aromatic nitrogens is 1. The number of para-hydroxylation sites is 1. The number of methoxy groups -OCH3 is 1. The first-order valence-corrected chi connectivity index (χ1v) is 5.70. The van der Waals surface area contributed by atoms with Crippen LogP contribution in [0.25, 0.3) is 10.9 Å². The third-order valence-electron chi connectivity index (χ3n) is 2.88. The molecule has 4 heteroatoms. The van der Waals surface area contributed by atoms with Crippen LogP contribution in [0.1, 0.15) is 10.5 Å². The fraction of sp³-hybridized carbons (Fsp3) is 0.214. The molecular formula is C14H16N2O2. The second kappa shape index (κ2) is 4.96. The Kier molecular flexibility index (Phi) is 3.37. The Hall–Kier alpha value is -2.23. The van der Waals surface area contributed by atoms with E-state index in [1.807, 2.05) is 35.9 Å². The highest BCUT2D eigenvalue weighted by atomic mass is 16.5. The molecule has 0 saturated heterocycles. The first-order chi connectivity index (χ1) is 8.69. The van der Waals surface area contributed by atoms with Gasteiger partial charge in [0.2, 0.25) is 0 Å². The van der Waals surface area contributed by atoms with E-state index in [0.29, 0.717) is 12.2 Å². The predicted octanol–water partition coefficient (Wildman–Crippen LogP) is 2.10. The molecule has 1 aromatic heterocycles. The molecule has 1 heterocycles. The van der Waals surface area contributed by atoms with Crippen molar-refractivity contribution >= 4 is 16.8 Å². The molecule has 0 aliphatic heterocycles. The van der Waals surface area contributed by atoms with Gasteiger partial charge in [0.25, 0.3) is 5.91 Å². The molecule has 0 atom stereocenters. The van der Waals surface area contributed by atoms with Gasteiger partial charge in [-0.2, -0.15) is 0 Å². The molecule has 0 spiro atoms. The molecular weight excluding hydrogens is 228 g/mol. The maximum atomic E-state index is 12.0. The molecule has 0 aliphatic carbocycles. The highest BCUT2D eigenvalue weighted by molar-refractivity contribution is 6.00. The van der Waals surface area contributed by atoms with Crippen molar-refractivity contribution in [3.05, 3.63) is 42.6 Å². The van der Waals surface area contributed by atoms with Gasteiger partial charge >= 0.3 is 0 Å². The summed E-state index contributed by atoms with van der Waals surface area (Å²) in [6.45, 7) is 4.03. The molecule has 0 bridgehead atoms. The number of amides is 1. The van der Waals surface area contributed by atoms with E-state index in [4.69, 9.17) is 4.74 Å². The first-order valence-electron chi connectivity index (χ1n) is 5.70.